The second kappa shape index (κ2) is 10.2. The van der Waals surface area contributed by atoms with E-state index in [1.807, 2.05) is 0 Å². The first-order valence-corrected chi connectivity index (χ1v) is 11.7. The van der Waals surface area contributed by atoms with E-state index < -0.39 is 11.7 Å². The Bertz CT molecular complexity index is 1070. The summed E-state index contributed by atoms with van der Waals surface area (Å²) in [6.07, 6.45) is 1.91. The van der Waals surface area contributed by atoms with E-state index in [1.54, 1.807) is 49.1 Å². The number of aliphatic imine (C=N–C) groups is 1. The van der Waals surface area contributed by atoms with E-state index in [-0.39, 0.29) is 11.6 Å². The maximum atomic E-state index is 13.0. The minimum atomic E-state index is -0.861. The molecule has 164 valence electrons. The van der Waals surface area contributed by atoms with Gasteiger partial charge in [0.05, 0.1) is 31.3 Å². The van der Waals surface area contributed by atoms with Crippen molar-refractivity contribution in [1.82, 2.24) is 4.90 Å². The van der Waals surface area contributed by atoms with Gasteiger partial charge in [0.2, 0.25) is 5.91 Å². The fourth-order valence-corrected chi connectivity index (χ4v) is 4.87. The van der Waals surface area contributed by atoms with Gasteiger partial charge >= 0.3 is 0 Å². The monoisotopic (exact) mass is 497 g/mol. The largest absolute Gasteiger partial charge is 0.396 e. The molecule has 1 aliphatic rings. The van der Waals surface area contributed by atoms with Crippen LogP contribution < -0.4 is 5.73 Å². The number of ketones is 1. The van der Waals surface area contributed by atoms with E-state index in [2.05, 4.69) is 4.99 Å². The van der Waals surface area contributed by atoms with E-state index in [0.29, 0.717) is 44.4 Å². The lowest BCUT2D eigenvalue weighted by atomic mass is 9.97. The van der Waals surface area contributed by atoms with Gasteiger partial charge < -0.3 is 10.6 Å². The lowest BCUT2D eigenvalue weighted by molar-refractivity contribution is -0.138. The summed E-state index contributed by atoms with van der Waals surface area (Å²) in [6, 6.07) is 8.49. The van der Waals surface area contributed by atoms with E-state index in [9.17, 15) is 9.59 Å². The first kappa shape index (κ1) is 23.8. The molecule has 1 fully saturated rings. The Kier molecular flexibility index (Phi) is 7.81. The molecule has 3 rings (SSSR count). The smallest absolute Gasteiger partial charge is 0.233 e. The summed E-state index contributed by atoms with van der Waals surface area (Å²) >= 11 is 19.7. The van der Waals surface area contributed by atoms with Crippen molar-refractivity contribution in [2.75, 3.05) is 13.1 Å². The molecule has 1 aliphatic heterocycles. The minimum absolute atomic E-state index is 0.00611. The van der Waals surface area contributed by atoms with Crippen molar-refractivity contribution < 1.29 is 9.59 Å². The Hall–Kier alpha value is -1.86. The first-order valence-electron chi connectivity index (χ1n) is 9.78. The number of carbonyl (C=O) groups is 2. The van der Waals surface area contributed by atoms with Gasteiger partial charge in [0.15, 0.2) is 5.78 Å². The molecule has 0 spiro atoms. The van der Waals surface area contributed by atoms with Crippen LogP contribution in [0.1, 0.15) is 31.6 Å². The van der Waals surface area contributed by atoms with Crippen LogP contribution in [0.5, 0.6) is 0 Å². The van der Waals surface area contributed by atoms with E-state index in [1.165, 1.54) is 11.3 Å². The number of nitrogens with zero attached hydrogens (tertiary/aromatic N) is 2. The molecule has 1 saturated heterocycles. The summed E-state index contributed by atoms with van der Waals surface area (Å²) < 4.78 is 0.570. The molecule has 2 heterocycles. The highest BCUT2D eigenvalue weighted by Crippen LogP contribution is 2.32. The van der Waals surface area contributed by atoms with Crippen LogP contribution in [0.4, 0.5) is 5.69 Å². The molecule has 9 heteroatoms. The molecule has 1 aromatic carbocycles. The van der Waals surface area contributed by atoms with Crippen molar-refractivity contribution in [2.24, 2.45) is 16.6 Å². The van der Waals surface area contributed by atoms with Gasteiger partial charge in [0.25, 0.3) is 0 Å². The zero-order valence-electron chi connectivity index (χ0n) is 17.1. The molecule has 0 radical (unpaired) electrons. The highest BCUT2D eigenvalue weighted by atomic mass is 35.5. The van der Waals surface area contributed by atoms with Crippen LogP contribution in [-0.4, -0.2) is 35.4 Å². The summed E-state index contributed by atoms with van der Waals surface area (Å²) in [6.45, 7) is 4.65. The number of hydrogen-bond donors (Lipinski definition) is 1. The van der Waals surface area contributed by atoms with Crippen LogP contribution >= 0.6 is 46.1 Å². The Balaban J connectivity index is 2.01. The minimum Gasteiger partial charge on any atom is -0.396 e. The van der Waals surface area contributed by atoms with Crippen LogP contribution in [0, 0.1) is 5.92 Å². The number of nitrogens with two attached hydrogens (primary N) is 1. The quantitative estimate of drug-likeness (QED) is 0.306. The molecule has 2 aromatic rings. The summed E-state index contributed by atoms with van der Waals surface area (Å²) in [7, 11) is 0. The van der Waals surface area contributed by atoms with Gasteiger partial charge in [-0.15, -0.1) is 11.3 Å². The molecule has 5 nitrogen and oxygen atoms in total. The maximum Gasteiger partial charge on any atom is 0.233 e. The topological polar surface area (TPSA) is 75.8 Å². The lowest BCUT2D eigenvalue weighted by Crippen LogP contribution is -2.38. The molecule has 2 N–H and O–H groups in total. The second-order valence-corrected chi connectivity index (χ2v) is 9.88. The Labute approximate surface area is 200 Å². The van der Waals surface area contributed by atoms with Gasteiger partial charge in [-0.2, -0.15) is 0 Å². The average molecular weight is 499 g/mol. The summed E-state index contributed by atoms with van der Waals surface area (Å²) in [5.74, 6) is -1.48. The van der Waals surface area contributed by atoms with Gasteiger partial charge in [0.1, 0.15) is 5.92 Å². The summed E-state index contributed by atoms with van der Waals surface area (Å²) in [5.41, 5.74) is 7.65. The molecule has 1 amide bonds. The number of carbonyl (C=O) groups excluding carboxylic acids is 2. The Morgan fingerprint density at radius 1 is 1.13 bits per heavy atom. The van der Waals surface area contributed by atoms with Crippen LogP contribution in [0.3, 0.4) is 0 Å². The van der Waals surface area contributed by atoms with Crippen molar-refractivity contribution in [1.29, 1.82) is 0 Å². The zero-order chi connectivity index (χ0) is 22.7. The third-order valence-electron chi connectivity index (χ3n) is 5.15. The number of halogens is 3. The van der Waals surface area contributed by atoms with E-state index in [4.69, 9.17) is 40.5 Å². The first-order chi connectivity index (χ1) is 14.7. The molecule has 1 aromatic heterocycles. The number of rotatable bonds is 6. The third-order valence-corrected chi connectivity index (χ3v) is 6.93. The molecule has 0 saturated carbocycles. The molecule has 0 bridgehead atoms. The van der Waals surface area contributed by atoms with Crippen molar-refractivity contribution in [3.05, 3.63) is 60.9 Å². The van der Waals surface area contributed by atoms with Crippen molar-refractivity contribution in [3.63, 3.8) is 0 Å². The van der Waals surface area contributed by atoms with Gasteiger partial charge in [-0.25, -0.2) is 4.99 Å². The molecule has 1 unspecified atom stereocenters. The zero-order valence-corrected chi connectivity index (χ0v) is 20.2. The second-order valence-electron chi connectivity index (χ2n) is 7.32. The predicted molar refractivity (Wildman–Crippen MR) is 129 cm³/mol. The predicted octanol–water partition coefficient (Wildman–Crippen LogP) is 5.89. The van der Waals surface area contributed by atoms with Gasteiger partial charge in [-0.1, -0.05) is 34.8 Å². The number of hydrogen-bond acceptors (Lipinski definition) is 5. The van der Waals surface area contributed by atoms with Crippen LogP contribution in [0.15, 0.2) is 46.6 Å². The van der Waals surface area contributed by atoms with Crippen molar-refractivity contribution in [2.45, 2.75) is 26.7 Å². The summed E-state index contributed by atoms with van der Waals surface area (Å²) in [4.78, 5) is 32.8. The highest BCUT2D eigenvalue weighted by Gasteiger charge is 2.30. The van der Waals surface area contributed by atoms with E-state index >= 15 is 0 Å². The van der Waals surface area contributed by atoms with Crippen molar-refractivity contribution >= 4 is 69.2 Å². The van der Waals surface area contributed by atoms with Crippen LogP contribution in [0.25, 0.3) is 0 Å². The van der Waals surface area contributed by atoms with Gasteiger partial charge in [0, 0.05) is 23.7 Å². The van der Waals surface area contributed by atoms with Gasteiger partial charge in [-0.3, -0.25) is 9.59 Å². The van der Waals surface area contributed by atoms with Crippen LogP contribution in [0.2, 0.25) is 14.4 Å². The standard InChI is InChI=1S/C22H22Cl3N3O2S/c1-12(19(26)21(29)13(2)22(30)28-9-3-4-10-28)20(17-7-8-18(25)31-17)27-16-6-5-14(23)11-15(16)24/h5-8,11,13H,3-4,9-10,26H2,1-2H3. The average Bonchev–Trinajstić information content (AvgIpc) is 3.42. The SMILES string of the molecule is CC(C(=Nc1ccc(Cl)cc1Cl)c1ccc(Cl)s1)=C(N)C(=O)C(C)C(=O)N1CCCC1. The normalized spacial score (nSPS) is 16.3. The number of thiophene rings is 1. The van der Waals surface area contributed by atoms with Crippen LogP contribution in [-0.2, 0) is 9.59 Å². The highest BCUT2D eigenvalue weighted by molar-refractivity contribution is 7.18. The number of benzene rings is 1. The Morgan fingerprint density at radius 3 is 2.39 bits per heavy atom. The molecular weight excluding hydrogens is 477 g/mol. The number of amides is 1. The van der Waals surface area contributed by atoms with E-state index in [0.717, 1.165) is 17.7 Å². The Morgan fingerprint density at radius 2 is 1.81 bits per heavy atom. The van der Waals surface area contributed by atoms with Gasteiger partial charge in [-0.05, 0) is 57.0 Å². The molecule has 1 atom stereocenters. The lowest BCUT2D eigenvalue weighted by Gasteiger charge is -2.20. The number of Topliss-reactive ketones (excluding diaryl/α,β-unsaturated/α-hetero) is 1. The third kappa shape index (κ3) is 5.50. The number of likely N-dealkylation sites (tertiary alicyclic amines) is 1. The number of allylic oxidation sites excluding steroid dienone is 2. The van der Waals surface area contributed by atoms with Crippen molar-refractivity contribution in [3.8, 4) is 0 Å². The fraction of sp³-hybridized carbons (Fsp3) is 0.318. The molecule has 0 aliphatic carbocycles. The molecule has 31 heavy (non-hydrogen) atoms. The summed E-state index contributed by atoms with van der Waals surface area (Å²) in [5, 5.41) is 0.851. The maximum absolute atomic E-state index is 13.0. The fourth-order valence-electron chi connectivity index (χ4n) is 3.33. The molecular formula is C22H22Cl3N3O2S.